The molecule has 0 spiro atoms. The number of piperidine rings is 1. The zero-order chi connectivity index (χ0) is 21.3. The molecule has 9 heteroatoms. The van der Waals surface area contributed by atoms with Gasteiger partial charge < -0.3 is 24.1 Å². The Hall–Kier alpha value is -2.65. The summed E-state index contributed by atoms with van der Waals surface area (Å²) in [6.07, 6.45) is 2.68. The van der Waals surface area contributed by atoms with E-state index in [-0.39, 0.29) is 11.8 Å². The standard InChI is InChI=1S/C21H30N4O5/c1-27-11-5-9-22-21(26)16-6-4-10-25(13-16)14-19-23-20(24-30-19)15-7-8-17(28-2)18(12-15)29-3/h7-8,12,16H,4-6,9-11,13-14H2,1-3H3,(H,22,26). The average Bonchev–Trinajstić information content (AvgIpc) is 3.24. The van der Waals surface area contributed by atoms with Gasteiger partial charge in [-0.25, -0.2) is 0 Å². The van der Waals surface area contributed by atoms with Crippen LogP contribution in [-0.2, 0) is 16.1 Å². The van der Waals surface area contributed by atoms with Crippen LogP contribution in [0.4, 0.5) is 0 Å². The molecule has 0 saturated carbocycles. The highest BCUT2D eigenvalue weighted by atomic mass is 16.5. The first-order valence-corrected chi connectivity index (χ1v) is 10.2. The van der Waals surface area contributed by atoms with E-state index in [1.807, 2.05) is 18.2 Å². The predicted molar refractivity (Wildman–Crippen MR) is 110 cm³/mol. The van der Waals surface area contributed by atoms with E-state index in [1.165, 1.54) is 0 Å². The molecule has 1 N–H and O–H groups in total. The Bertz CT molecular complexity index is 825. The fourth-order valence-corrected chi connectivity index (χ4v) is 3.59. The van der Waals surface area contributed by atoms with E-state index in [2.05, 4.69) is 20.4 Å². The number of hydrogen-bond acceptors (Lipinski definition) is 8. The maximum atomic E-state index is 12.4. The van der Waals surface area contributed by atoms with Gasteiger partial charge >= 0.3 is 0 Å². The van der Waals surface area contributed by atoms with Crippen LogP contribution in [0.15, 0.2) is 22.7 Å². The second-order valence-corrected chi connectivity index (χ2v) is 7.29. The van der Waals surface area contributed by atoms with Crippen LogP contribution in [0.2, 0.25) is 0 Å². The van der Waals surface area contributed by atoms with Crippen molar-refractivity contribution in [1.29, 1.82) is 0 Å². The Balaban J connectivity index is 1.57. The Kier molecular flexibility index (Phi) is 8.04. The molecule has 0 radical (unpaired) electrons. The van der Waals surface area contributed by atoms with E-state index in [9.17, 15) is 4.79 Å². The molecule has 9 nitrogen and oxygen atoms in total. The normalized spacial score (nSPS) is 17.0. The minimum absolute atomic E-state index is 0.0189. The molecule has 1 aliphatic heterocycles. The number of nitrogens with zero attached hydrogens (tertiary/aromatic N) is 3. The lowest BCUT2D eigenvalue weighted by Crippen LogP contribution is -2.43. The molecule has 1 atom stereocenters. The number of ether oxygens (including phenoxy) is 3. The summed E-state index contributed by atoms with van der Waals surface area (Å²) in [5.74, 6) is 2.36. The van der Waals surface area contributed by atoms with Crippen LogP contribution < -0.4 is 14.8 Å². The summed E-state index contributed by atoms with van der Waals surface area (Å²) in [7, 11) is 4.84. The SMILES string of the molecule is COCCCNC(=O)C1CCCN(Cc2nc(-c3ccc(OC)c(OC)c3)no2)C1. The number of carbonyl (C=O) groups is 1. The third-order valence-electron chi connectivity index (χ3n) is 5.17. The number of nitrogens with one attached hydrogen (secondary N) is 1. The second kappa shape index (κ2) is 10.9. The van der Waals surface area contributed by atoms with Crippen molar-refractivity contribution in [3.63, 3.8) is 0 Å². The lowest BCUT2D eigenvalue weighted by atomic mass is 9.97. The number of amides is 1. The molecular weight excluding hydrogens is 388 g/mol. The van der Waals surface area contributed by atoms with Crippen molar-refractivity contribution in [3.05, 3.63) is 24.1 Å². The van der Waals surface area contributed by atoms with E-state index < -0.39 is 0 Å². The summed E-state index contributed by atoms with van der Waals surface area (Å²) in [5, 5.41) is 7.09. The first kappa shape index (κ1) is 22.0. The first-order valence-electron chi connectivity index (χ1n) is 10.2. The van der Waals surface area contributed by atoms with Crippen molar-refractivity contribution in [3.8, 4) is 22.9 Å². The van der Waals surface area contributed by atoms with E-state index >= 15 is 0 Å². The summed E-state index contributed by atoms with van der Waals surface area (Å²) in [5.41, 5.74) is 0.787. The van der Waals surface area contributed by atoms with Gasteiger partial charge in [0.05, 0.1) is 26.7 Å². The summed E-state index contributed by atoms with van der Waals surface area (Å²) in [4.78, 5) is 19.1. The van der Waals surface area contributed by atoms with Gasteiger partial charge in [-0.15, -0.1) is 0 Å². The molecule has 1 aromatic carbocycles. The van der Waals surface area contributed by atoms with Gasteiger partial charge in [0.2, 0.25) is 17.6 Å². The predicted octanol–water partition coefficient (Wildman–Crippen LogP) is 2.12. The lowest BCUT2D eigenvalue weighted by Gasteiger charge is -2.30. The second-order valence-electron chi connectivity index (χ2n) is 7.29. The Labute approximate surface area is 176 Å². The number of carbonyl (C=O) groups excluding carboxylic acids is 1. The Morgan fingerprint density at radius 2 is 2.10 bits per heavy atom. The quantitative estimate of drug-likeness (QED) is 0.586. The van der Waals surface area contributed by atoms with Crippen LogP contribution in [0.1, 0.15) is 25.2 Å². The molecule has 1 fully saturated rings. The number of methoxy groups -OCH3 is 3. The summed E-state index contributed by atoms with van der Waals surface area (Å²) in [6.45, 7) is 3.40. The minimum atomic E-state index is -0.0189. The van der Waals surface area contributed by atoms with E-state index in [0.29, 0.717) is 49.5 Å². The van der Waals surface area contributed by atoms with Crippen molar-refractivity contribution >= 4 is 5.91 Å². The smallest absolute Gasteiger partial charge is 0.241 e. The molecule has 1 aromatic heterocycles. The fourth-order valence-electron chi connectivity index (χ4n) is 3.59. The van der Waals surface area contributed by atoms with Gasteiger partial charge in [0.25, 0.3) is 0 Å². The van der Waals surface area contributed by atoms with Crippen LogP contribution in [0.25, 0.3) is 11.4 Å². The van der Waals surface area contributed by atoms with Gasteiger partial charge in [-0.1, -0.05) is 5.16 Å². The van der Waals surface area contributed by atoms with Crippen molar-refractivity contribution in [2.24, 2.45) is 5.92 Å². The van der Waals surface area contributed by atoms with Crippen molar-refractivity contribution < 1.29 is 23.5 Å². The largest absolute Gasteiger partial charge is 0.493 e. The van der Waals surface area contributed by atoms with Gasteiger partial charge in [0.1, 0.15) is 0 Å². The fraction of sp³-hybridized carbons (Fsp3) is 0.571. The maximum absolute atomic E-state index is 12.4. The molecule has 1 amide bonds. The zero-order valence-electron chi connectivity index (χ0n) is 17.8. The number of aromatic nitrogens is 2. The number of likely N-dealkylation sites (tertiary alicyclic amines) is 1. The Morgan fingerprint density at radius 1 is 1.27 bits per heavy atom. The molecule has 1 saturated heterocycles. The first-order chi connectivity index (χ1) is 14.6. The van der Waals surface area contributed by atoms with E-state index in [0.717, 1.165) is 31.4 Å². The molecule has 30 heavy (non-hydrogen) atoms. The molecule has 164 valence electrons. The molecule has 1 unspecified atom stereocenters. The molecule has 3 rings (SSSR count). The molecule has 1 aliphatic rings. The highest BCUT2D eigenvalue weighted by Crippen LogP contribution is 2.31. The highest BCUT2D eigenvalue weighted by molar-refractivity contribution is 5.78. The van der Waals surface area contributed by atoms with E-state index in [4.69, 9.17) is 18.7 Å². The van der Waals surface area contributed by atoms with Crippen molar-refractivity contribution in [1.82, 2.24) is 20.4 Å². The van der Waals surface area contributed by atoms with Crippen LogP contribution in [0.5, 0.6) is 11.5 Å². The molecule has 2 heterocycles. The van der Waals surface area contributed by atoms with Crippen molar-refractivity contribution in [2.45, 2.75) is 25.8 Å². The van der Waals surface area contributed by atoms with Crippen LogP contribution >= 0.6 is 0 Å². The molecule has 0 aliphatic carbocycles. The van der Waals surface area contributed by atoms with Crippen molar-refractivity contribution in [2.75, 3.05) is 47.6 Å². The maximum Gasteiger partial charge on any atom is 0.241 e. The van der Waals surface area contributed by atoms with E-state index in [1.54, 1.807) is 21.3 Å². The third kappa shape index (κ3) is 5.70. The zero-order valence-corrected chi connectivity index (χ0v) is 17.8. The third-order valence-corrected chi connectivity index (χ3v) is 5.17. The monoisotopic (exact) mass is 418 g/mol. The van der Waals surface area contributed by atoms with Gasteiger partial charge in [-0.3, -0.25) is 9.69 Å². The average molecular weight is 418 g/mol. The van der Waals surface area contributed by atoms with Crippen LogP contribution in [0, 0.1) is 5.92 Å². The lowest BCUT2D eigenvalue weighted by molar-refractivity contribution is -0.126. The molecular formula is C21H30N4O5. The number of rotatable bonds is 10. The summed E-state index contributed by atoms with van der Waals surface area (Å²) < 4.78 is 21.1. The topological polar surface area (TPSA) is 99.0 Å². The van der Waals surface area contributed by atoms with Crippen LogP contribution in [-0.4, -0.2) is 68.5 Å². The summed E-state index contributed by atoms with van der Waals surface area (Å²) >= 11 is 0. The molecule has 0 bridgehead atoms. The number of hydrogen-bond donors (Lipinski definition) is 1. The van der Waals surface area contributed by atoms with Gasteiger partial charge in [-0.05, 0) is 44.0 Å². The van der Waals surface area contributed by atoms with Gasteiger partial charge in [-0.2, -0.15) is 4.98 Å². The summed E-state index contributed by atoms with van der Waals surface area (Å²) in [6, 6.07) is 5.49. The Morgan fingerprint density at radius 3 is 2.87 bits per heavy atom. The molecule has 2 aromatic rings. The van der Waals surface area contributed by atoms with Gasteiger partial charge in [0, 0.05) is 32.4 Å². The highest BCUT2D eigenvalue weighted by Gasteiger charge is 2.26. The van der Waals surface area contributed by atoms with Gasteiger partial charge in [0.15, 0.2) is 11.5 Å². The minimum Gasteiger partial charge on any atom is -0.493 e. The van der Waals surface area contributed by atoms with Crippen LogP contribution in [0.3, 0.4) is 0 Å². The number of benzene rings is 1.